The van der Waals surface area contributed by atoms with Gasteiger partial charge in [0.25, 0.3) is 0 Å². The van der Waals surface area contributed by atoms with Crippen molar-refractivity contribution in [2.45, 2.75) is 19.4 Å². The number of benzene rings is 1. The number of thioether (sulfide) groups is 1. The molecule has 0 amide bonds. The number of nitrogens with one attached hydrogen (secondary N) is 1. The van der Waals surface area contributed by atoms with Crippen LogP contribution in [0.5, 0.6) is 0 Å². The minimum atomic E-state index is 0.959. The molecule has 15 heavy (non-hydrogen) atoms. The van der Waals surface area contributed by atoms with E-state index >= 15 is 0 Å². The van der Waals surface area contributed by atoms with Crippen LogP contribution in [0.25, 0.3) is 0 Å². The summed E-state index contributed by atoms with van der Waals surface area (Å²) in [5, 5.41) is 3.46. The molecule has 1 aromatic carbocycles. The van der Waals surface area contributed by atoms with Gasteiger partial charge in [-0.1, -0.05) is 34.1 Å². The molecule has 0 heterocycles. The Bertz CT molecular complexity index is 278. The summed E-state index contributed by atoms with van der Waals surface area (Å²) in [5.41, 5.74) is 1.34. The summed E-state index contributed by atoms with van der Waals surface area (Å²) in [7, 11) is 0. The van der Waals surface area contributed by atoms with E-state index in [1.165, 1.54) is 28.6 Å². The molecule has 0 atom stereocenters. The van der Waals surface area contributed by atoms with E-state index in [1.54, 1.807) is 0 Å². The van der Waals surface area contributed by atoms with Crippen LogP contribution in [0.15, 0.2) is 28.7 Å². The first-order valence-corrected chi connectivity index (χ1v) is 7.46. The van der Waals surface area contributed by atoms with E-state index in [9.17, 15) is 0 Å². The molecule has 0 spiro atoms. The van der Waals surface area contributed by atoms with Crippen LogP contribution in [-0.2, 0) is 6.54 Å². The van der Waals surface area contributed by atoms with Crippen molar-refractivity contribution in [3.8, 4) is 0 Å². The third-order valence-electron chi connectivity index (χ3n) is 2.23. The van der Waals surface area contributed by atoms with Crippen molar-refractivity contribution in [1.82, 2.24) is 5.32 Å². The van der Waals surface area contributed by atoms with Gasteiger partial charge >= 0.3 is 0 Å². The van der Waals surface area contributed by atoms with Crippen molar-refractivity contribution in [1.29, 1.82) is 0 Å². The Morgan fingerprint density at radius 1 is 1.27 bits per heavy atom. The second kappa shape index (κ2) is 8.20. The second-order valence-corrected chi connectivity index (χ2v) is 5.31. The molecule has 1 nitrogen and oxygen atoms in total. The van der Waals surface area contributed by atoms with Crippen molar-refractivity contribution in [3.63, 3.8) is 0 Å². The molecule has 0 aliphatic heterocycles. The molecule has 0 aliphatic rings. The van der Waals surface area contributed by atoms with Gasteiger partial charge in [-0.15, -0.1) is 0 Å². The van der Waals surface area contributed by atoms with Gasteiger partial charge in [-0.2, -0.15) is 11.8 Å². The van der Waals surface area contributed by atoms with Crippen molar-refractivity contribution in [2.75, 3.05) is 18.6 Å². The van der Waals surface area contributed by atoms with Gasteiger partial charge < -0.3 is 5.32 Å². The molecule has 0 saturated heterocycles. The lowest BCUT2D eigenvalue weighted by atomic mass is 10.2. The van der Waals surface area contributed by atoms with Gasteiger partial charge in [0.05, 0.1) is 0 Å². The van der Waals surface area contributed by atoms with Crippen LogP contribution < -0.4 is 5.32 Å². The summed E-state index contributed by atoms with van der Waals surface area (Å²) in [5.74, 6) is 1.27. The zero-order valence-electron chi connectivity index (χ0n) is 9.13. The molecule has 0 bridgehead atoms. The van der Waals surface area contributed by atoms with Gasteiger partial charge in [0.2, 0.25) is 0 Å². The highest BCUT2D eigenvalue weighted by Gasteiger charge is 1.96. The minimum absolute atomic E-state index is 0.959. The minimum Gasteiger partial charge on any atom is -0.313 e. The predicted molar refractivity (Wildman–Crippen MR) is 73.5 cm³/mol. The van der Waals surface area contributed by atoms with Gasteiger partial charge in [0.1, 0.15) is 0 Å². The summed E-state index contributed by atoms with van der Waals surface area (Å²) in [4.78, 5) is 0. The lowest BCUT2D eigenvalue weighted by Crippen LogP contribution is -2.15. The average molecular weight is 288 g/mol. The monoisotopic (exact) mass is 287 g/mol. The standard InChI is InChI=1S/C12H18BrNS/c1-15-9-5-4-8-14-10-11-6-2-3-7-12(11)13/h2-3,6-7,14H,4-5,8-10H2,1H3. The van der Waals surface area contributed by atoms with E-state index in [-0.39, 0.29) is 0 Å². The molecule has 1 rings (SSSR count). The third kappa shape index (κ3) is 5.59. The first-order chi connectivity index (χ1) is 7.34. The summed E-state index contributed by atoms with van der Waals surface area (Å²) in [6, 6.07) is 8.37. The van der Waals surface area contributed by atoms with E-state index in [4.69, 9.17) is 0 Å². The molecule has 0 unspecified atom stereocenters. The highest BCUT2D eigenvalue weighted by molar-refractivity contribution is 9.10. The molecular formula is C12H18BrNS. The first kappa shape index (κ1) is 13.1. The fourth-order valence-corrected chi connectivity index (χ4v) is 2.28. The SMILES string of the molecule is CSCCCCNCc1ccccc1Br. The van der Waals surface area contributed by atoms with Crippen LogP contribution in [-0.4, -0.2) is 18.6 Å². The van der Waals surface area contributed by atoms with E-state index in [0.717, 1.165) is 13.1 Å². The molecule has 0 fully saturated rings. The Labute approximate surface area is 105 Å². The van der Waals surface area contributed by atoms with Gasteiger partial charge in [-0.25, -0.2) is 0 Å². The maximum atomic E-state index is 3.55. The Morgan fingerprint density at radius 3 is 2.80 bits per heavy atom. The van der Waals surface area contributed by atoms with Crippen LogP contribution in [0, 0.1) is 0 Å². The van der Waals surface area contributed by atoms with Crippen molar-refractivity contribution in [3.05, 3.63) is 34.3 Å². The topological polar surface area (TPSA) is 12.0 Å². The highest BCUT2D eigenvalue weighted by Crippen LogP contribution is 2.15. The van der Waals surface area contributed by atoms with Gasteiger partial charge in [0.15, 0.2) is 0 Å². The number of rotatable bonds is 7. The largest absolute Gasteiger partial charge is 0.313 e. The maximum Gasteiger partial charge on any atom is 0.0220 e. The van der Waals surface area contributed by atoms with Crippen molar-refractivity contribution in [2.24, 2.45) is 0 Å². The summed E-state index contributed by atoms with van der Waals surface area (Å²) in [6.07, 6.45) is 4.74. The molecule has 0 saturated carbocycles. The fourth-order valence-electron chi connectivity index (χ4n) is 1.36. The van der Waals surface area contributed by atoms with Gasteiger partial charge in [-0.3, -0.25) is 0 Å². The fraction of sp³-hybridized carbons (Fsp3) is 0.500. The zero-order chi connectivity index (χ0) is 10.9. The van der Waals surface area contributed by atoms with Crippen LogP contribution >= 0.6 is 27.7 Å². The summed E-state index contributed by atoms with van der Waals surface area (Å²) < 4.78 is 1.20. The van der Waals surface area contributed by atoms with Crippen LogP contribution in [0.1, 0.15) is 18.4 Å². The zero-order valence-corrected chi connectivity index (χ0v) is 11.5. The Balaban J connectivity index is 2.12. The highest BCUT2D eigenvalue weighted by atomic mass is 79.9. The van der Waals surface area contributed by atoms with Gasteiger partial charge in [0, 0.05) is 11.0 Å². The second-order valence-electron chi connectivity index (χ2n) is 3.47. The van der Waals surface area contributed by atoms with Crippen molar-refractivity contribution >= 4 is 27.7 Å². The molecule has 0 aromatic heterocycles. The number of hydrogen-bond donors (Lipinski definition) is 1. The van der Waals surface area contributed by atoms with E-state index in [2.05, 4.69) is 45.7 Å². The Hall–Kier alpha value is 0.01000. The van der Waals surface area contributed by atoms with Gasteiger partial charge in [-0.05, 0) is 43.0 Å². The van der Waals surface area contributed by atoms with Crippen molar-refractivity contribution < 1.29 is 0 Å². The Kier molecular flexibility index (Phi) is 7.14. The number of hydrogen-bond acceptors (Lipinski definition) is 2. The normalized spacial score (nSPS) is 10.5. The third-order valence-corrected chi connectivity index (χ3v) is 3.70. The first-order valence-electron chi connectivity index (χ1n) is 5.27. The molecule has 0 aliphatic carbocycles. The van der Waals surface area contributed by atoms with E-state index in [1.807, 2.05) is 17.8 Å². The molecule has 1 aromatic rings. The smallest absolute Gasteiger partial charge is 0.0220 e. The lowest BCUT2D eigenvalue weighted by molar-refractivity contribution is 0.643. The summed E-state index contributed by atoms with van der Waals surface area (Å²) in [6.45, 7) is 2.07. The average Bonchev–Trinajstić information content (AvgIpc) is 2.25. The van der Waals surface area contributed by atoms with Crippen LogP contribution in [0.4, 0.5) is 0 Å². The maximum absolute atomic E-state index is 3.55. The molecular weight excluding hydrogens is 270 g/mol. The number of unbranched alkanes of at least 4 members (excludes halogenated alkanes) is 1. The number of halogens is 1. The van der Waals surface area contributed by atoms with Crippen LogP contribution in [0.3, 0.4) is 0 Å². The quantitative estimate of drug-likeness (QED) is 0.768. The van der Waals surface area contributed by atoms with Crippen LogP contribution in [0.2, 0.25) is 0 Å². The van der Waals surface area contributed by atoms with E-state index in [0.29, 0.717) is 0 Å². The molecule has 0 radical (unpaired) electrons. The molecule has 84 valence electrons. The van der Waals surface area contributed by atoms with E-state index < -0.39 is 0 Å². The molecule has 1 N–H and O–H groups in total. The Morgan fingerprint density at radius 2 is 2.07 bits per heavy atom. The summed E-state index contributed by atoms with van der Waals surface area (Å²) >= 11 is 5.47. The predicted octanol–water partition coefficient (Wildman–Crippen LogP) is 3.68. The molecule has 3 heteroatoms. The lowest BCUT2D eigenvalue weighted by Gasteiger charge is -2.06.